The zero-order chi connectivity index (χ0) is 14.5. The molecule has 2 rings (SSSR count). The number of benzene rings is 2. The maximum absolute atomic E-state index is 5.83. The minimum atomic E-state index is 0.173. The standard InChI is InChI=1S/C16H20N2O2/c1-11(2)20-15-6-4-13(5-7-15)18-14-8-12(17)9-16(10-14)19-3/h4-11,18H,17H2,1-3H3. The lowest BCUT2D eigenvalue weighted by molar-refractivity contribution is 0.242. The summed E-state index contributed by atoms with van der Waals surface area (Å²) in [5.41, 5.74) is 8.34. The monoisotopic (exact) mass is 272 g/mol. The van der Waals surface area contributed by atoms with Gasteiger partial charge >= 0.3 is 0 Å². The van der Waals surface area contributed by atoms with Crippen molar-refractivity contribution in [3.63, 3.8) is 0 Å². The first-order valence-electron chi connectivity index (χ1n) is 6.55. The van der Waals surface area contributed by atoms with Gasteiger partial charge in [-0.3, -0.25) is 0 Å². The lowest BCUT2D eigenvalue weighted by atomic mass is 10.2. The zero-order valence-electron chi connectivity index (χ0n) is 12.0. The van der Waals surface area contributed by atoms with Crippen molar-refractivity contribution in [3.8, 4) is 11.5 Å². The van der Waals surface area contributed by atoms with Gasteiger partial charge in [0.25, 0.3) is 0 Å². The molecule has 4 heteroatoms. The molecule has 0 saturated heterocycles. The highest BCUT2D eigenvalue weighted by molar-refractivity contribution is 5.66. The van der Waals surface area contributed by atoms with Crippen LogP contribution < -0.4 is 20.5 Å². The smallest absolute Gasteiger partial charge is 0.122 e. The Hall–Kier alpha value is -2.36. The van der Waals surface area contributed by atoms with E-state index in [9.17, 15) is 0 Å². The highest BCUT2D eigenvalue weighted by atomic mass is 16.5. The van der Waals surface area contributed by atoms with Gasteiger partial charge in [0.05, 0.1) is 13.2 Å². The number of hydrogen-bond acceptors (Lipinski definition) is 4. The van der Waals surface area contributed by atoms with E-state index in [-0.39, 0.29) is 6.10 Å². The lowest BCUT2D eigenvalue weighted by Crippen LogP contribution is -2.05. The average Bonchev–Trinajstić information content (AvgIpc) is 2.39. The topological polar surface area (TPSA) is 56.5 Å². The van der Waals surface area contributed by atoms with E-state index in [0.717, 1.165) is 22.9 Å². The van der Waals surface area contributed by atoms with Crippen LogP contribution in [-0.2, 0) is 0 Å². The number of methoxy groups -OCH3 is 1. The molecule has 0 amide bonds. The summed E-state index contributed by atoms with van der Waals surface area (Å²) in [5, 5.41) is 3.28. The molecule has 0 atom stereocenters. The summed E-state index contributed by atoms with van der Waals surface area (Å²) in [4.78, 5) is 0. The SMILES string of the molecule is COc1cc(N)cc(Nc2ccc(OC(C)C)cc2)c1. The number of ether oxygens (including phenoxy) is 2. The molecule has 0 bridgehead atoms. The predicted molar refractivity (Wildman–Crippen MR) is 82.9 cm³/mol. The third-order valence-corrected chi connectivity index (χ3v) is 2.68. The number of hydrogen-bond donors (Lipinski definition) is 2. The van der Waals surface area contributed by atoms with Crippen LogP contribution in [0.15, 0.2) is 42.5 Å². The molecule has 3 N–H and O–H groups in total. The van der Waals surface area contributed by atoms with E-state index in [2.05, 4.69) is 5.32 Å². The van der Waals surface area contributed by atoms with Gasteiger partial charge in [-0.1, -0.05) is 0 Å². The molecular formula is C16H20N2O2. The number of nitrogens with two attached hydrogens (primary N) is 1. The molecule has 4 nitrogen and oxygen atoms in total. The van der Waals surface area contributed by atoms with Gasteiger partial charge in [-0.05, 0) is 44.2 Å². The van der Waals surface area contributed by atoms with Crippen LogP contribution >= 0.6 is 0 Å². The lowest BCUT2D eigenvalue weighted by Gasteiger charge is -2.12. The van der Waals surface area contributed by atoms with E-state index in [1.54, 1.807) is 13.2 Å². The molecule has 0 aromatic heterocycles. The second-order valence-corrected chi connectivity index (χ2v) is 4.81. The summed E-state index contributed by atoms with van der Waals surface area (Å²) < 4.78 is 10.8. The van der Waals surface area contributed by atoms with Gasteiger partial charge in [-0.2, -0.15) is 0 Å². The molecule has 106 valence electrons. The van der Waals surface area contributed by atoms with Gasteiger partial charge in [-0.25, -0.2) is 0 Å². The van der Waals surface area contributed by atoms with Crippen molar-refractivity contribution in [2.24, 2.45) is 0 Å². The first-order valence-corrected chi connectivity index (χ1v) is 6.55. The Balaban J connectivity index is 2.11. The van der Waals surface area contributed by atoms with Crippen LogP contribution in [0.3, 0.4) is 0 Å². The maximum atomic E-state index is 5.83. The van der Waals surface area contributed by atoms with Gasteiger partial charge in [0, 0.05) is 29.2 Å². The number of nitrogens with one attached hydrogen (secondary N) is 1. The Morgan fingerprint density at radius 3 is 2.25 bits per heavy atom. The van der Waals surface area contributed by atoms with Gasteiger partial charge in [0.2, 0.25) is 0 Å². The minimum Gasteiger partial charge on any atom is -0.497 e. The van der Waals surface area contributed by atoms with Gasteiger partial charge < -0.3 is 20.5 Å². The summed E-state index contributed by atoms with van der Waals surface area (Å²) in [6, 6.07) is 13.3. The van der Waals surface area contributed by atoms with Crippen LogP contribution in [0, 0.1) is 0 Å². The van der Waals surface area contributed by atoms with Crippen LogP contribution in [-0.4, -0.2) is 13.2 Å². The molecule has 0 radical (unpaired) electrons. The van der Waals surface area contributed by atoms with Crippen molar-refractivity contribution in [2.45, 2.75) is 20.0 Å². The highest BCUT2D eigenvalue weighted by Gasteiger charge is 2.01. The van der Waals surface area contributed by atoms with Crippen LogP contribution in [0.2, 0.25) is 0 Å². The Morgan fingerprint density at radius 2 is 1.65 bits per heavy atom. The van der Waals surface area contributed by atoms with E-state index in [0.29, 0.717) is 5.69 Å². The molecule has 0 spiro atoms. The summed E-state index contributed by atoms with van der Waals surface area (Å²) in [5.74, 6) is 1.59. The van der Waals surface area contributed by atoms with Crippen LogP contribution in [0.1, 0.15) is 13.8 Å². The molecular weight excluding hydrogens is 252 g/mol. The normalized spacial score (nSPS) is 10.4. The fourth-order valence-electron chi connectivity index (χ4n) is 1.87. The first kappa shape index (κ1) is 14.1. The molecule has 20 heavy (non-hydrogen) atoms. The van der Waals surface area contributed by atoms with Crippen LogP contribution in [0.4, 0.5) is 17.1 Å². The van der Waals surface area contributed by atoms with Crippen molar-refractivity contribution >= 4 is 17.1 Å². The number of nitrogen functional groups attached to an aromatic ring is 1. The van der Waals surface area contributed by atoms with Gasteiger partial charge in [0.1, 0.15) is 11.5 Å². The molecule has 0 heterocycles. The third-order valence-electron chi connectivity index (χ3n) is 2.68. The predicted octanol–water partition coefficient (Wildman–Crippen LogP) is 3.81. The van der Waals surface area contributed by atoms with Crippen molar-refractivity contribution in [1.29, 1.82) is 0 Å². The van der Waals surface area contributed by atoms with Gasteiger partial charge in [-0.15, -0.1) is 0 Å². The Bertz CT molecular complexity index is 565. The molecule has 0 fully saturated rings. The van der Waals surface area contributed by atoms with E-state index in [1.165, 1.54) is 0 Å². The molecule has 2 aromatic carbocycles. The van der Waals surface area contributed by atoms with Crippen LogP contribution in [0.5, 0.6) is 11.5 Å². The van der Waals surface area contributed by atoms with E-state index >= 15 is 0 Å². The van der Waals surface area contributed by atoms with Crippen molar-refractivity contribution in [1.82, 2.24) is 0 Å². The summed E-state index contributed by atoms with van der Waals surface area (Å²) in [6.45, 7) is 4.01. The number of rotatable bonds is 5. The van der Waals surface area contributed by atoms with Crippen molar-refractivity contribution in [2.75, 3.05) is 18.2 Å². The van der Waals surface area contributed by atoms with Crippen molar-refractivity contribution in [3.05, 3.63) is 42.5 Å². The summed E-state index contributed by atoms with van der Waals surface area (Å²) >= 11 is 0. The molecule has 0 saturated carbocycles. The molecule has 2 aromatic rings. The second kappa shape index (κ2) is 6.19. The Labute approximate surface area is 119 Å². The zero-order valence-corrected chi connectivity index (χ0v) is 12.0. The summed E-state index contributed by atoms with van der Waals surface area (Å²) in [7, 11) is 1.62. The second-order valence-electron chi connectivity index (χ2n) is 4.81. The number of anilines is 3. The Kier molecular flexibility index (Phi) is 4.35. The Morgan fingerprint density at radius 1 is 0.950 bits per heavy atom. The minimum absolute atomic E-state index is 0.173. The average molecular weight is 272 g/mol. The summed E-state index contributed by atoms with van der Waals surface area (Å²) in [6.07, 6.45) is 0.173. The fourth-order valence-corrected chi connectivity index (χ4v) is 1.87. The van der Waals surface area contributed by atoms with Crippen LogP contribution in [0.25, 0.3) is 0 Å². The maximum Gasteiger partial charge on any atom is 0.122 e. The van der Waals surface area contributed by atoms with E-state index in [4.69, 9.17) is 15.2 Å². The third kappa shape index (κ3) is 3.82. The van der Waals surface area contributed by atoms with Gasteiger partial charge in [0.15, 0.2) is 0 Å². The fraction of sp³-hybridized carbons (Fsp3) is 0.250. The van der Waals surface area contributed by atoms with Crippen molar-refractivity contribution < 1.29 is 9.47 Å². The molecule has 0 aliphatic rings. The first-order chi connectivity index (χ1) is 9.56. The molecule has 0 aliphatic heterocycles. The largest absolute Gasteiger partial charge is 0.497 e. The molecule has 0 aliphatic carbocycles. The quantitative estimate of drug-likeness (QED) is 0.813. The highest BCUT2D eigenvalue weighted by Crippen LogP contribution is 2.26. The molecule has 0 unspecified atom stereocenters. The van der Waals surface area contributed by atoms with E-state index < -0.39 is 0 Å². The van der Waals surface area contributed by atoms with E-state index in [1.807, 2.05) is 50.2 Å².